The second kappa shape index (κ2) is 22.0. The Kier molecular flexibility index (Phi) is 17.3. The largest absolute Gasteiger partial charge is 0.488 e. The third-order valence-electron chi connectivity index (χ3n) is 10.6. The number of rotatable bonds is 24. The van der Waals surface area contributed by atoms with Crippen LogP contribution in [0, 0.1) is 0 Å². The van der Waals surface area contributed by atoms with E-state index >= 15 is 0 Å². The second-order valence-electron chi connectivity index (χ2n) is 14.4. The Bertz CT molecular complexity index is 1310. The number of ether oxygens (including phenoxy) is 1. The molecule has 0 aliphatic carbocycles. The number of likely N-dealkylation sites (tertiary alicyclic amines) is 1. The van der Waals surface area contributed by atoms with Gasteiger partial charge in [0, 0.05) is 36.8 Å². The molecule has 0 atom stereocenters. The molecule has 1 aliphatic rings. The molecule has 2 heterocycles. The predicted octanol–water partition coefficient (Wildman–Crippen LogP) is 10.0. The van der Waals surface area contributed by atoms with Gasteiger partial charge in [-0.25, -0.2) is 0 Å². The van der Waals surface area contributed by atoms with Crippen LogP contribution in [0.15, 0.2) is 77.7 Å². The van der Waals surface area contributed by atoms with E-state index < -0.39 is 0 Å². The first kappa shape index (κ1) is 37.9. The van der Waals surface area contributed by atoms with E-state index in [0.717, 1.165) is 57.6 Å². The van der Waals surface area contributed by atoms with Gasteiger partial charge in [-0.2, -0.15) is 0 Å². The number of nitrogens with zero attached hydrogens (tertiary/aromatic N) is 2. The van der Waals surface area contributed by atoms with E-state index in [1.54, 1.807) is 0 Å². The molecular weight excluding hydrogens is 590 g/mol. The second-order valence-corrected chi connectivity index (χ2v) is 14.4. The Hall–Kier alpha value is -2.89. The quantitative estimate of drug-likeness (QED) is 0.0976. The van der Waals surface area contributed by atoms with E-state index in [9.17, 15) is 4.79 Å². The molecule has 2 aromatic carbocycles. The highest BCUT2D eigenvalue weighted by atomic mass is 16.5. The van der Waals surface area contributed by atoms with Crippen LogP contribution in [0.2, 0.25) is 0 Å². The Morgan fingerprint density at radius 3 is 1.75 bits per heavy atom. The van der Waals surface area contributed by atoms with Crippen LogP contribution < -0.4 is 15.9 Å². The minimum Gasteiger partial charge on any atom is -0.488 e. The molecule has 5 heteroatoms. The molecule has 5 nitrogen and oxygen atoms in total. The highest BCUT2D eigenvalue weighted by molar-refractivity contribution is 5.28. The Morgan fingerprint density at radius 2 is 1.21 bits per heavy atom. The first-order chi connectivity index (χ1) is 23.6. The van der Waals surface area contributed by atoms with Gasteiger partial charge in [-0.3, -0.25) is 9.69 Å². The maximum Gasteiger partial charge on any atom is 0.223 e. The number of hydrogen-bond donors (Lipinski definition) is 1. The smallest absolute Gasteiger partial charge is 0.223 e. The van der Waals surface area contributed by atoms with Crippen molar-refractivity contribution < 1.29 is 4.74 Å². The SMILES string of the molecule is CCCCCCCCCCCCCCCCCCOc1cn(Cc2ccccc2)c(CN2CCC(CN)(c3ccccc3)CC2)cc1=O. The Labute approximate surface area is 292 Å². The third-order valence-corrected chi connectivity index (χ3v) is 10.6. The van der Waals surface area contributed by atoms with Gasteiger partial charge in [0.1, 0.15) is 0 Å². The highest BCUT2D eigenvalue weighted by Gasteiger charge is 2.35. The summed E-state index contributed by atoms with van der Waals surface area (Å²) in [6.07, 6.45) is 25.6. The number of unbranched alkanes of at least 4 members (excludes halogenated alkanes) is 15. The summed E-state index contributed by atoms with van der Waals surface area (Å²) in [5, 5.41) is 0. The van der Waals surface area contributed by atoms with Crippen molar-refractivity contribution in [3.63, 3.8) is 0 Å². The summed E-state index contributed by atoms with van der Waals surface area (Å²) < 4.78 is 8.33. The minimum absolute atomic E-state index is 0.0107. The van der Waals surface area contributed by atoms with Crippen molar-refractivity contribution in [1.29, 1.82) is 0 Å². The maximum atomic E-state index is 13.3. The summed E-state index contributed by atoms with van der Waals surface area (Å²) in [7, 11) is 0. The molecule has 264 valence electrons. The van der Waals surface area contributed by atoms with Gasteiger partial charge in [0.05, 0.1) is 12.8 Å². The van der Waals surface area contributed by atoms with Gasteiger partial charge < -0.3 is 15.0 Å². The van der Waals surface area contributed by atoms with Crippen LogP contribution in [-0.2, 0) is 18.5 Å². The van der Waals surface area contributed by atoms with E-state index in [1.165, 1.54) is 101 Å². The van der Waals surface area contributed by atoms with Crippen LogP contribution in [0.1, 0.15) is 139 Å². The zero-order valence-corrected chi connectivity index (χ0v) is 30.2. The predicted molar refractivity (Wildman–Crippen MR) is 203 cm³/mol. The van der Waals surface area contributed by atoms with Crippen LogP contribution in [0.3, 0.4) is 0 Å². The van der Waals surface area contributed by atoms with Crippen molar-refractivity contribution in [2.75, 3.05) is 26.2 Å². The van der Waals surface area contributed by atoms with Gasteiger partial charge in [0.25, 0.3) is 0 Å². The van der Waals surface area contributed by atoms with E-state index in [-0.39, 0.29) is 10.8 Å². The third kappa shape index (κ3) is 12.9. The van der Waals surface area contributed by atoms with Crippen molar-refractivity contribution in [2.45, 2.75) is 141 Å². The molecule has 3 aromatic rings. The fraction of sp³-hybridized carbons (Fsp3) is 0.605. The molecule has 0 amide bonds. The van der Waals surface area contributed by atoms with Crippen molar-refractivity contribution in [1.82, 2.24) is 9.47 Å². The van der Waals surface area contributed by atoms with Gasteiger partial charge >= 0.3 is 0 Å². The van der Waals surface area contributed by atoms with E-state index in [2.05, 4.69) is 71.0 Å². The van der Waals surface area contributed by atoms with Crippen LogP contribution in [0.25, 0.3) is 0 Å². The lowest BCUT2D eigenvalue weighted by molar-refractivity contribution is 0.153. The summed E-state index contributed by atoms with van der Waals surface area (Å²) in [5.74, 6) is 0.473. The van der Waals surface area contributed by atoms with Crippen LogP contribution in [-0.4, -0.2) is 35.7 Å². The fourth-order valence-electron chi connectivity index (χ4n) is 7.37. The first-order valence-electron chi connectivity index (χ1n) is 19.5. The lowest BCUT2D eigenvalue weighted by Gasteiger charge is -2.42. The number of pyridine rings is 1. The van der Waals surface area contributed by atoms with Gasteiger partial charge in [-0.1, -0.05) is 164 Å². The zero-order chi connectivity index (χ0) is 33.7. The average molecular weight is 656 g/mol. The number of hydrogen-bond acceptors (Lipinski definition) is 4. The summed E-state index contributed by atoms with van der Waals surface area (Å²) >= 11 is 0. The number of benzene rings is 2. The maximum absolute atomic E-state index is 13.3. The Balaban J connectivity index is 1.18. The molecule has 0 saturated carbocycles. The molecule has 1 fully saturated rings. The lowest BCUT2D eigenvalue weighted by atomic mass is 9.73. The molecule has 48 heavy (non-hydrogen) atoms. The first-order valence-corrected chi connectivity index (χ1v) is 19.5. The van der Waals surface area contributed by atoms with Gasteiger partial charge in [-0.05, 0) is 43.5 Å². The molecular formula is C43H65N3O2. The minimum atomic E-state index is -0.0107. The van der Waals surface area contributed by atoms with Crippen molar-refractivity contribution in [2.24, 2.45) is 5.73 Å². The molecule has 1 aromatic heterocycles. The van der Waals surface area contributed by atoms with E-state index in [0.29, 0.717) is 18.9 Å². The standard InChI is InChI=1S/C43H65N3O2/c1-2-3-4-5-6-7-8-9-10-11-12-13-14-15-16-23-32-48-42-36-46(34-38-24-19-17-20-25-38)40(33-41(42)47)35-45-30-28-43(37-44,29-31-45)39-26-21-18-22-27-39/h17-22,24-27,33,36H,2-16,23,28-32,34-35,37,44H2,1H3. The summed E-state index contributed by atoms with van der Waals surface area (Å²) in [4.78, 5) is 15.7. The molecule has 1 saturated heterocycles. The molecule has 1 aliphatic heterocycles. The molecule has 2 N–H and O–H groups in total. The van der Waals surface area contributed by atoms with Crippen LogP contribution in [0.4, 0.5) is 0 Å². The molecule has 4 rings (SSSR count). The number of nitrogens with two attached hydrogens (primary N) is 1. The van der Waals surface area contributed by atoms with E-state index in [1.807, 2.05) is 18.3 Å². The van der Waals surface area contributed by atoms with Gasteiger partial charge in [0.15, 0.2) is 5.75 Å². The topological polar surface area (TPSA) is 60.5 Å². The monoisotopic (exact) mass is 656 g/mol. The van der Waals surface area contributed by atoms with E-state index in [4.69, 9.17) is 10.5 Å². The number of piperidine rings is 1. The van der Waals surface area contributed by atoms with Crippen molar-refractivity contribution >= 4 is 0 Å². The van der Waals surface area contributed by atoms with Gasteiger partial charge in [0.2, 0.25) is 5.43 Å². The molecule has 0 bridgehead atoms. The fourth-order valence-corrected chi connectivity index (χ4v) is 7.37. The van der Waals surface area contributed by atoms with Gasteiger partial charge in [-0.15, -0.1) is 0 Å². The Morgan fingerprint density at radius 1 is 0.688 bits per heavy atom. The summed E-state index contributed by atoms with van der Waals surface area (Å²) in [5.41, 5.74) is 9.99. The lowest BCUT2D eigenvalue weighted by Crippen LogP contribution is -2.46. The zero-order valence-electron chi connectivity index (χ0n) is 30.2. The average Bonchev–Trinajstić information content (AvgIpc) is 3.12. The van der Waals surface area contributed by atoms with Crippen LogP contribution >= 0.6 is 0 Å². The normalized spacial score (nSPS) is 14.7. The highest BCUT2D eigenvalue weighted by Crippen LogP contribution is 2.35. The summed E-state index contributed by atoms with van der Waals surface area (Å²) in [6, 6.07) is 23.1. The number of aromatic nitrogens is 1. The summed E-state index contributed by atoms with van der Waals surface area (Å²) in [6.45, 7) is 6.94. The molecule has 0 radical (unpaired) electrons. The molecule has 0 unspecified atom stereocenters. The van der Waals surface area contributed by atoms with Crippen molar-refractivity contribution in [3.05, 3.63) is 100.0 Å². The van der Waals surface area contributed by atoms with Crippen molar-refractivity contribution in [3.8, 4) is 5.75 Å². The molecule has 0 spiro atoms. The van der Waals surface area contributed by atoms with Crippen LogP contribution in [0.5, 0.6) is 5.75 Å².